The Morgan fingerprint density at radius 3 is 0.909 bits per heavy atom. The predicted octanol–water partition coefficient (Wildman–Crippen LogP) is 1.77. The van der Waals surface area contributed by atoms with Gasteiger partial charge >= 0.3 is 0 Å². The molecule has 0 saturated heterocycles. The van der Waals surface area contributed by atoms with Gasteiger partial charge in [0.1, 0.15) is 25.1 Å². The van der Waals surface area contributed by atoms with E-state index in [0.717, 1.165) is 25.1 Å². The number of hydrogen-bond donors (Lipinski definition) is 0. The lowest BCUT2D eigenvalue weighted by Crippen LogP contribution is -2.42. The number of hydrogen-bond acceptors (Lipinski definition) is 12. The average molecular weight is 545 g/mol. The van der Waals surface area contributed by atoms with Crippen molar-refractivity contribution in [2.75, 3.05) is 98.9 Å². The number of ether oxygens (including phenoxy) is 4. The lowest BCUT2D eigenvalue weighted by Gasteiger charge is -2.33. The fourth-order valence-corrected chi connectivity index (χ4v) is 4.40. The molecule has 0 rings (SSSR count). The molecule has 0 radical (unpaired) electrons. The second kappa shape index (κ2) is 26.5. The van der Waals surface area contributed by atoms with Gasteiger partial charge in [0.25, 0.3) is 0 Å². The molecule has 192 valence electrons. The van der Waals surface area contributed by atoms with Crippen LogP contribution in [0.15, 0.2) is 0 Å². The van der Waals surface area contributed by atoms with E-state index < -0.39 is 5.41 Å². The number of carbonyl (C=O) groups excluding carboxylic acids is 4. The van der Waals surface area contributed by atoms with Gasteiger partial charge < -0.3 is 38.1 Å². The van der Waals surface area contributed by atoms with E-state index in [9.17, 15) is 19.2 Å². The predicted molar refractivity (Wildman–Crippen MR) is 139 cm³/mol. The van der Waals surface area contributed by atoms with Gasteiger partial charge in [0.05, 0.1) is 58.3 Å². The Bertz CT molecular complexity index is 400. The van der Waals surface area contributed by atoms with Gasteiger partial charge in [0.2, 0.25) is 0 Å². The first kappa shape index (κ1) is 32.9. The maximum Gasteiger partial charge on any atom is 0.129 e. The number of rotatable bonds is 28. The highest BCUT2D eigenvalue weighted by Crippen LogP contribution is 2.22. The molecule has 0 atom stereocenters. The van der Waals surface area contributed by atoms with E-state index in [1.54, 1.807) is 0 Å². The zero-order chi connectivity index (χ0) is 24.3. The Kier molecular flexibility index (Phi) is 26.5. The van der Waals surface area contributed by atoms with E-state index >= 15 is 0 Å². The van der Waals surface area contributed by atoms with E-state index in [2.05, 4.69) is 0 Å². The molecule has 0 unspecified atom stereocenters. The van der Waals surface area contributed by atoms with E-state index in [1.165, 1.54) is 47.0 Å². The molecule has 0 saturated carbocycles. The lowest BCUT2D eigenvalue weighted by atomic mass is 9.92. The van der Waals surface area contributed by atoms with Crippen LogP contribution in [0.5, 0.6) is 0 Å². The minimum absolute atomic E-state index is 0.374. The molecule has 33 heavy (non-hydrogen) atoms. The van der Waals surface area contributed by atoms with Crippen LogP contribution in [0.4, 0.5) is 0 Å². The van der Waals surface area contributed by atoms with Crippen LogP contribution in [0, 0.1) is 5.41 Å². The van der Waals surface area contributed by atoms with Crippen LogP contribution in [-0.2, 0) is 38.1 Å². The lowest BCUT2D eigenvalue weighted by molar-refractivity contribution is -0.106. The quantitative estimate of drug-likeness (QED) is 0.106. The monoisotopic (exact) mass is 544 g/mol. The molecule has 0 amide bonds. The molecule has 12 heteroatoms. The molecular weight excluding hydrogens is 508 g/mol. The first-order valence-electron chi connectivity index (χ1n) is 10.6. The van der Waals surface area contributed by atoms with Crippen LogP contribution in [0.25, 0.3) is 0 Å². The summed E-state index contributed by atoms with van der Waals surface area (Å²) in [5, 5.41) is 0. The zero-order valence-electron chi connectivity index (χ0n) is 19.0. The summed E-state index contributed by atoms with van der Waals surface area (Å²) in [6.07, 6.45) is 3.49. The highest BCUT2D eigenvalue weighted by atomic mass is 32.2. The molecule has 0 aromatic heterocycles. The minimum atomic E-state index is -0.519. The van der Waals surface area contributed by atoms with Crippen molar-refractivity contribution in [3.05, 3.63) is 0 Å². The van der Waals surface area contributed by atoms with Gasteiger partial charge in [-0.15, -0.1) is 0 Å². The third-order valence-corrected chi connectivity index (χ3v) is 7.17. The molecule has 0 spiro atoms. The summed E-state index contributed by atoms with van der Waals surface area (Å²) in [6, 6.07) is 0. The van der Waals surface area contributed by atoms with Crippen LogP contribution >= 0.6 is 47.0 Å². The van der Waals surface area contributed by atoms with Crippen molar-refractivity contribution in [1.29, 1.82) is 0 Å². The standard InChI is InChI=1S/C21H36O8S4/c22-1-9-30-13-5-26-17-21(18-27-6-14-31-10-2-23,19-28-7-15-32-11-3-24)20-29-8-16-33-12-4-25/h1-4H,5-20H2. The molecule has 0 aromatic rings. The maximum absolute atomic E-state index is 10.5. The summed E-state index contributed by atoms with van der Waals surface area (Å²) in [5.74, 6) is 4.63. The smallest absolute Gasteiger partial charge is 0.129 e. The van der Waals surface area contributed by atoms with Crippen LogP contribution in [0.2, 0.25) is 0 Å². The van der Waals surface area contributed by atoms with Gasteiger partial charge in [-0.1, -0.05) is 0 Å². The summed E-state index contributed by atoms with van der Waals surface area (Å²) in [6.45, 7) is 3.50. The van der Waals surface area contributed by atoms with Crippen molar-refractivity contribution in [2.24, 2.45) is 5.41 Å². The average Bonchev–Trinajstić information content (AvgIpc) is 2.83. The van der Waals surface area contributed by atoms with Crippen LogP contribution in [0.3, 0.4) is 0 Å². The van der Waals surface area contributed by atoms with Crippen LogP contribution in [0.1, 0.15) is 0 Å². The van der Waals surface area contributed by atoms with Crippen molar-refractivity contribution in [3.8, 4) is 0 Å². The van der Waals surface area contributed by atoms with Gasteiger partial charge in [-0.05, 0) is 0 Å². The first-order valence-corrected chi connectivity index (χ1v) is 15.2. The molecule has 0 bridgehead atoms. The molecular formula is C21H36O8S4. The summed E-state index contributed by atoms with van der Waals surface area (Å²) in [4.78, 5) is 41.8. The van der Waals surface area contributed by atoms with Crippen molar-refractivity contribution in [1.82, 2.24) is 0 Å². The van der Waals surface area contributed by atoms with Gasteiger partial charge in [-0.3, -0.25) is 0 Å². The Morgan fingerprint density at radius 1 is 0.455 bits per heavy atom. The zero-order valence-corrected chi connectivity index (χ0v) is 22.3. The Balaban J connectivity index is 4.80. The third kappa shape index (κ3) is 22.1. The topological polar surface area (TPSA) is 105 Å². The number of thioether (sulfide) groups is 4. The summed E-state index contributed by atoms with van der Waals surface area (Å²) in [7, 11) is 0. The molecule has 8 nitrogen and oxygen atoms in total. The third-order valence-electron chi connectivity index (χ3n) is 3.86. The Morgan fingerprint density at radius 2 is 0.697 bits per heavy atom. The highest BCUT2D eigenvalue weighted by molar-refractivity contribution is 8.00. The molecule has 0 N–H and O–H groups in total. The molecule has 0 fully saturated rings. The summed E-state index contributed by atoms with van der Waals surface area (Å²) >= 11 is 6.04. The highest BCUT2D eigenvalue weighted by Gasteiger charge is 2.32. The maximum atomic E-state index is 10.5. The fourth-order valence-electron chi connectivity index (χ4n) is 2.40. The first-order chi connectivity index (χ1) is 16.2. The largest absolute Gasteiger partial charge is 0.380 e. The van der Waals surface area contributed by atoms with Crippen molar-refractivity contribution in [3.63, 3.8) is 0 Å². The normalized spacial score (nSPS) is 11.4. The molecule has 0 heterocycles. The molecule has 0 aromatic carbocycles. The van der Waals surface area contributed by atoms with E-state index in [0.29, 0.717) is 98.9 Å². The number of carbonyl (C=O) groups is 4. The van der Waals surface area contributed by atoms with Crippen molar-refractivity contribution in [2.45, 2.75) is 0 Å². The van der Waals surface area contributed by atoms with Crippen LogP contribution in [-0.4, -0.2) is 124 Å². The van der Waals surface area contributed by atoms with E-state index in [4.69, 9.17) is 18.9 Å². The second-order valence-electron chi connectivity index (χ2n) is 6.68. The van der Waals surface area contributed by atoms with Gasteiger partial charge in [0.15, 0.2) is 0 Å². The van der Waals surface area contributed by atoms with Gasteiger partial charge in [-0.25, -0.2) is 0 Å². The number of aldehydes is 4. The summed E-state index contributed by atoms with van der Waals surface area (Å²) < 4.78 is 23.6. The minimum Gasteiger partial charge on any atom is -0.380 e. The van der Waals surface area contributed by atoms with E-state index in [1.807, 2.05) is 0 Å². The van der Waals surface area contributed by atoms with Gasteiger partial charge in [-0.2, -0.15) is 47.0 Å². The van der Waals surface area contributed by atoms with Crippen LogP contribution < -0.4 is 0 Å². The fraction of sp³-hybridized carbons (Fsp3) is 0.810. The van der Waals surface area contributed by atoms with E-state index in [-0.39, 0.29) is 0 Å². The Hall–Kier alpha value is -0.0800. The van der Waals surface area contributed by atoms with Gasteiger partial charge in [0, 0.05) is 46.0 Å². The Labute approximate surface area is 214 Å². The molecule has 0 aliphatic rings. The van der Waals surface area contributed by atoms with Crippen molar-refractivity contribution >= 4 is 72.2 Å². The second-order valence-corrected chi connectivity index (χ2v) is 11.3. The molecule has 0 aliphatic carbocycles. The van der Waals surface area contributed by atoms with Crippen molar-refractivity contribution < 1.29 is 38.1 Å². The molecule has 0 aliphatic heterocycles. The SMILES string of the molecule is O=CCSCCOCC(COCCSCC=O)(COCCSCC=O)COCCSCC=O. The summed E-state index contributed by atoms with van der Waals surface area (Å²) in [5.41, 5.74) is -0.519.